The van der Waals surface area contributed by atoms with Gasteiger partial charge in [0, 0.05) is 37.9 Å². The Bertz CT molecular complexity index is 888. The van der Waals surface area contributed by atoms with E-state index in [1.165, 1.54) is 0 Å². The van der Waals surface area contributed by atoms with E-state index >= 15 is 0 Å². The van der Waals surface area contributed by atoms with Crippen molar-refractivity contribution < 1.29 is 9.47 Å². The third-order valence-electron chi connectivity index (χ3n) is 4.73. The van der Waals surface area contributed by atoms with Crippen LogP contribution in [-0.2, 0) is 0 Å². The van der Waals surface area contributed by atoms with Crippen molar-refractivity contribution in [2.24, 2.45) is 0 Å². The zero-order chi connectivity index (χ0) is 18.6. The first kappa shape index (κ1) is 17.4. The molecule has 7 heteroatoms. The minimum Gasteiger partial charge on any atom is -0.486 e. The first-order valence-corrected chi connectivity index (χ1v) is 9.35. The number of nitrogens with zero attached hydrogens (tertiary/aromatic N) is 3. The smallest absolute Gasteiger partial charge is 0.173 e. The maximum absolute atomic E-state index is 9.30. The fourth-order valence-corrected chi connectivity index (χ4v) is 3.62. The fourth-order valence-electron chi connectivity index (χ4n) is 3.32. The monoisotopic (exact) mass is 380 g/mol. The van der Waals surface area contributed by atoms with Crippen LogP contribution >= 0.6 is 12.2 Å². The molecule has 0 bridgehead atoms. The van der Waals surface area contributed by atoms with Crippen molar-refractivity contribution in [3.63, 3.8) is 0 Å². The van der Waals surface area contributed by atoms with Crippen molar-refractivity contribution in [2.75, 3.05) is 49.6 Å². The summed E-state index contributed by atoms with van der Waals surface area (Å²) in [4.78, 5) is 4.39. The van der Waals surface area contributed by atoms with E-state index in [9.17, 15) is 5.26 Å². The molecule has 0 amide bonds. The van der Waals surface area contributed by atoms with Crippen molar-refractivity contribution in [3.8, 4) is 17.6 Å². The van der Waals surface area contributed by atoms with E-state index in [2.05, 4.69) is 21.2 Å². The number of rotatable bonds is 2. The number of piperazine rings is 1. The predicted molar refractivity (Wildman–Crippen MR) is 109 cm³/mol. The number of nitrogens with one attached hydrogen (secondary N) is 1. The highest BCUT2D eigenvalue weighted by Gasteiger charge is 2.21. The Morgan fingerprint density at radius 1 is 1.00 bits per heavy atom. The third-order valence-corrected chi connectivity index (χ3v) is 5.09. The topological polar surface area (TPSA) is 60.8 Å². The van der Waals surface area contributed by atoms with Crippen LogP contribution in [0.25, 0.3) is 0 Å². The zero-order valence-electron chi connectivity index (χ0n) is 14.9. The summed E-state index contributed by atoms with van der Waals surface area (Å²) in [5.74, 6) is 1.51. The number of hydrogen-bond acceptors (Lipinski definition) is 5. The second-order valence-electron chi connectivity index (χ2n) is 6.39. The number of ether oxygens (including phenoxy) is 2. The average Bonchev–Trinajstić information content (AvgIpc) is 2.73. The highest BCUT2D eigenvalue weighted by molar-refractivity contribution is 7.80. The average molecular weight is 380 g/mol. The predicted octanol–water partition coefficient (Wildman–Crippen LogP) is 2.85. The van der Waals surface area contributed by atoms with Crippen LogP contribution in [0.15, 0.2) is 42.5 Å². The Morgan fingerprint density at radius 3 is 2.52 bits per heavy atom. The zero-order valence-corrected chi connectivity index (χ0v) is 15.7. The van der Waals surface area contributed by atoms with E-state index in [4.69, 9.17) is 21.7 Å². The van der Waals surface area contributed by atoms with Gasteiger partial charge < -0.3 is 24.6 Å². The Balaban J connectivity index is 1.37. The number of hydrogen-bond donors (Lipinski definition) is 1. The maximum Gasteiger partial charge on any atom is 0.173 e. The van der Waals surface area contributed by atoms with E-state index in [-0.39, 0.29) is 0 Å². The van der Waals surface area contributed by atoms with Crippen LogP contribution in [0.1, 0.15) is 5.56 Å². The summed E-state index contributed by atoms with van der Waals surface area (Å²) < 4.78 is 11.2. The molecule has 0 radical (unpaired) electrons. The van der Waals surface area contributed by atoms with Gasteiger partial charge in [-0.05, 0) is 36.5 Å². The van der Waals surface area contributed by atoms with E-state index in [0.717, 1.165) is 49.1 Å². The molecule has 138 valence electrons. The summed E-state index contributed by atoms with van der Waals surface area (Å²) in [6, 6.07) is 15.7. The molecule has 0 saturated carbocycles. The Labute approximate surface area is 163 Å². The van der Waals surface area contributed by atoms with E-state index < -0.39 is 0 Å². The van der Waals surface area contributed by atoms with Crippen molar-refractivity contribution in [1.29, 1.82) is 5.26 Å². The first-order valence-electron chi connectivity index (χ1n) is 8.94. The number of fused-ring (bicyclic) bond motifs is 1. The number of anilines is 2. The normalized spacial score (nSPS) is 15.8. The molecule has 1 N–H and O–H groups in total. The molecule has 2 aliphatic heterocycles. The number of nitriles is 1. The molecule has 4 rings (SSSR count). The molecule has 0 aromatic heterocycles. The van der Waals surface area contributed by atoms with Gasteiger partial charge in [-0.1, -0.05) is 12.1 Å². The molecule has 0 spiro atoms. The SMILES string of the molecule is N#Cc1ccccc1N1CCN(C(=S)Nc2ccc3c(c2)OCCO3)CC1. The lowest BCUT2D eigenvalue weighted by Crippen LogP contribution is -2.50. The second kappa shape index (κ2) is 7.72. The molecular formula is C20H20N4O2S. The van der Waals surface area contributed by atoms with Crippen LogP contribution in [0, 0.1) is 11.3 Å². The van der Waals surface area contributed by atoms with E-state index in [0.29, 0.717) is 23.9 Å². The molecule has 2 heterocycles. The largest absolute Gasteiger partial charge is 0.486 e. The summed E-state index contributed by atoms with van der Waals surface area (Å²) in [7, 11) is 0. The summed E-state index contributed by atoms with van der Waals surface area (Å²) >= 11 is 5.59. The molecule has 0 unspecified atom stereocenters. The van der Waals surface area contributed by atoms with Gasteiger partial charge in [0.1, 0.15) is 19.3 Å². The lowest BCUT2D eigenvalue weighted by molar-refractivity contribution is 0.171. The van der Waals surface area contributed by atoms with Crippen LogP contribution in [0.5, 0.6) is 11.5 Å². The van der Waals surface area contributed by atoms with Gasteiger partial charge in [0.2, 0.25) is 0 Å². The molecule has 0 aliphatic carbocycles. The minimum atomic E-state index is 0.563. The maximum atomic E-state index is 9.30. The number of para-hydroxylation sites is 1. The van der Waals surface area contributed by atoms with Gasteiger partial charge in [0.25, 0.3) is 0 Å². The molecule has 2 aromatic rings. The minimum absolute atomic E-state index is 0.563. The van der Waals surface area contributed by atoms with Crippen LogP contribution < -0.4 is 19.7 Å². The quantitative estimate of drug-likeness (QED) is 0.804. The molecule has 2 aromatic carbocycles. The van der Waals surface area contributed by atoms with Gasteiger partial charge in [-0.25, -0.2) is 0 Å². The van der Waals surface area contributed by atoms with Crippen molar-refractivity contribution in [3.05, 3.63) is 48.0 Å². The standard InChI is InChI=1S/C20H20N4O2S/c21-14-15-3-1-2-4-17(15)23-7-9-24(10-8-23)20(27)22-16-5-6-18-19(13-16)26-12-11-25-18/h1-6,13H,7-12H2,(H,22,27). The number of thiocarbonyl (C=S) groups is 1. The number of benzene rings is 2. The van der Waals surface area contributed by atoms with Gasteiger partial charge in [-0.15, -0.1) is 0 Å². The molecule has 1 saturated heterocycles. The Morgan fingerprint density at radius 2 is 1.74 bits per heavy atom. The molecule has 1 fully saturated rings. The van der Waals surface area contributed by atoms with Crippen LogP contribution in [-0.4, -0.2) is 49.4 Å². The summed E-state index contributed by atoms with van der Waals surface area (Å²) in [6.07, 6.45) is 0. The van der Waals surface area contributed by atoms with E-state index in [1.54, 1.807) is 0 Å². The molecular weight excluding hydrogens is 360 g/mol. The highest BCUT2D eigenvalue weighted by Crippen LogP contribution is 2.32. The second-order valence-corrected chi connectivity index (χ2v) is 6.78. The Kier molecular flexibility index (Phi) is 4.99. The fraction of sp³-hybridized carbons (Fsp3) is 0.300. The lowest BCUT2D eigenvalue weighted by Gasteiger charge is -2.37. The molecule has 6 nitrogen and oxygen atoms in total. The van der Waals surface area contributed by atoms with Crippen LogP contribution in [0.4, 0.5) is 11.4 Å². The molecule has 0 atom stereocenters. The third kappa shape index (κ3) is 3.76. The lowest BCUT2D eigenvalue weighted by atomic mass is 10.1. The summed E-state index contributed by atoms with van der Waals surface area (Å²) in [6.45, 7) is 4.39. The molecule has 2 aliphatic rings. The van der Waals surface area contributed by atoms with E-state index in [1.807, 2.05) is 42.5 Å². The highest BCUT2D eigenvalue weighted by atomic mass is 32.1. The Hall–Kier alpha value is -2.98. The summed E-state index contributed by atoms with van der Waals surface area (Å²) in [5, 5.41) is 13.3. The first-order chi connectivity index (χ1) is 13.2. The van der Waals surface area contributed by atoms with Gasteiger partial charge in [0.05, 0.1) is 11.3 Å². The molecule has 27 heavy (non-hydrogen) atoms. The van der Waals surface area contributed by atoms with Crippen molar-refractivity contribution in [2.45, 2.75) is 0 Å². The van der Waals surface area contributed by atoms with Crippen molar-refractivity contribution >= 4 is 28.7 Å². The van der Waals surface area contributed by atoms with Crippen LogP contribution in [0.2, 0.25) is 0 Å². The van der Waals surface area contributed by atoms with Crippen LogP contribution in [0.3, 0.4) is 0 Å². The van der Waals surface area contributed by atoms with Crippen molar-refractivity contribution in [1.82, 2.24) is 4.90 Å². The van der Waals surface area contributed by atoms with Gasteiger partial charge in [-0.2, -0.15) is 5.26 Å². The van der Waals surface area contributed by atoms with Gasteiger partial charge >= 0.3 is 0 Å². The van der Waals surface area contributed by atoms with Gasteiger partial charge in [-0.3, -0.25) is 0 Å². The van der Waals surface area contributed by atoms with Gasteiger partial charge in [0.15, 0.2) is 16.6 Å². The summed E-state index contributed by atoms with van der Waals surface area (Å²) in [5.41, 5.74) is 2.59.